The van der Waals surface area contributed by atoms with Crippen LogP contribution in [0.15, 0.2) is 6.07 Å². The van der Waals surface area contributed by atoms with E-state index in [0.717, 1.165) is 44.3 Å². The van der Waals surface area contributed by atoms with Crippen molar-refractivity contribution < 1.29 is 5.11 Å². The van der Waals surface area contributed by atoms with Gasteiger partial charge >= 0.3 is 0 Å². The first kappa shape index (κ1) is 12.3. The van der Waals surface area contributed by atoms with E-state index in [2.05, 4.69) is 11.4 Å². The van der Waals surface area contributed by atoms with Crippen molar-refractivity contribution in [3.63, 3.8) is 0 Å². The van der Waals surface area contributed by atoms with Gasteiger partial charge in [-0.3, -0.25) is 0 Å². The van der Waals surface area contributed by atoms with Gasteiger partial charge < -0.3 is 10.4 Å². The van der Waals surface area contributed by atoms with E-state index in [1.165, 1.54) is 24.0 Å². The van der Waals surface area contributed by atoms with Gasteiger partial charge in [0.05, 0.1) is 5.02 Å². The number of benzene rings is 1. The van der Waals surface area contributed by atoms with E-state index in [1.54, 1.807) is 0 Å². The minimum absolute atomic E-state index is 0.351. The summed E-state index contributed by atoms with van der Waals surface area (Å²) in [7, 11) is 0. The van der Waals surface area contributed by atoms with Gasteiger partial charge in [-0.1, -0.05) is 17.7 Å². The average Bonchev–Trinajstić information content (AvgIpc) is 2.44. The quantitative estimate of drug-likeness (QED) is 0.816. The van der Waals surface area contributed by atoms with E-state index in [-0.39, 0.29) is 0 Å². The second-order valence-corrected chi connectivity index (χ2v) is 5.88. The fourth-order valence-electron chi connectivity index (χ4n) is 3.31. The van der Waals surface area contributed by atoms with Crippen molar-refractivity contribution in [2.45, 2.75) is 44.4 Å². The van der Waals surface area contributed by atoms with E-state index in [9.17, 15) is 5.11 Å². The lowest BCUT2D eigenvalue weighted by Crippen LogP contribution is -2.26. The van der Waals surface area contributed by atoms with Gasteiger partial charge in [0.1, 0.15) is 5.75 Å². The number of phenolic OH excluding ortho intramolecular Hbond substituents is 1. The van der Waals surface area contributed by atoms with E-state index < -0.39 is 0 Å². The molecule has 1 aliphatic heterocycles. The summed E-state index contributed by atoms with van der Waals surface area (Å²) in [5.41, 5.74) is 3.65. The average molecular weight is 266 g/mol. The van der Waals surface area contributed by atoms with Gasteiger partial charge in [-0.05, 0) is 74.2 Å². The summed E-state index contributed by atoms with van der Waals surface area (Å²) in [5, 5.41) is 14.3. The molecule has 1 aliphatic carbocycles. The molecular weight excluding hydrogens is 246 g/mol. The Labute approximate surface area is 113 Å². The van der Waals surface area contributed by atoms with E-state index >= 15 is 0 Å². The molecule has 0 bridgehead atoms. The van der Waals surface area contributed by atoms with Gasteiger partial charge in [0.15, 0.2) is 0 Å². The van der Waals surface area contributed by atoms with Crippen molar-refractivity contribution in [2.24, 2.45) is 0 Å². The van der Waals surface area contributed by atoms with Crippen molar-refractivity contribution in [1.82, 2.24) is 5.32 Å². The topological polar surface area (TPSA) is 32.3 Å². The Balaban J connectivity index is 2.01. The van der Waals surface area contributed by atoms with Crippen LogP contribution in [-0.2, 0) is 12.8 Å². The number of nitrogens with one attached hydrogen (secondary N) is 1. The molecule has 1 fully saturated rings. The molecule has 3 rings (SSSR count). The number of hydrogen-bond donors (Lipinski definition) is 2. The van der Waals surface area contributed by atoms with Gasteiger partial charge in [0.2, 0.25) is 0 Å². The van der Waals surface area contributed by atoms with Crippen LogP contribution in [0.5, 0.6) is 5.75 Å². The van der Waals surface area contributed by atoms with Crippen molar-refractivity contribution in [3.8, 4) is 5.75 Å². The Bertz CT molecular complexity index is 452. The van der Waals surface area contributed by atoms with Crippen LogP contribution in [0.4, 0.5) is 0 Å². The highest BCUT2D eigenvalue weighted by Gasteiger charge is 2.24. The molecule has 1 heterocycles. The largest absolute Gasteiger partial charge is 0.506 e. The number of aromatic hydroxyl groups is 1. The molecule has 0 aromatic heterocycles. The van der Waals surface area contributed by atoms with Crippen LogP contribution in [-0.4, -0.2) is 18.2 Å². The standard InChI is InChI=1S/C15H20ClNO/c16-14-12-4-2-1-3-11(12)9-13(15(14)18)10-5-7-17-8-6-10/h9-10,17-18H,1-8H2. The van der Waals surface area contributed by atoms with Crippen LogP contribution in [0.25, 0.3) is 0 Å². The van der Waals surface area contributed by atoms with Gasteiger partial charge in [0.25, 0.3) is 0 Å². The number of hydrogen-bond acceptors (Lipinski definition) is 2. The molecule has 1 saturated heterocycles. The SMILES string of the molecule is Oc1c(C2CCNCC2)cc2c(c1Cl)CCCC2. The van der Waals surface area contributed by atoms with Crippen LogP contribution < -0.4 is 5.32 Å². The molecule has 98 valence electrons. The zero-order valence-corrected chi connectivity index (χ0v) is 11.4. The van der Waals surface area contributed by atoms with E-state index in [4.69, 9.17) is 11.6 Å². The molecule has 18 heavy (non-hydrogen) atoms. The zero-order valence-electron chi connectivity index (χ0n) is 10.6. The maximum Gasteiger partial charge on any atom is 0.137 e. The number of rotatable bonds is 1. The van der Waals surface area contributed by atoms with Crippen molar-refractivity contribution in [1.29, 1.82) is 0 Å². The van der Waals surface area contributed by atoms with Crippen LogP contribution in [0, 0.1) is 0 Å². The number of halogens is 1. The fourth-order valence-corrected chi connectivity index (χ4v) is 3.63. The third kappa shape index (κ3) is 2.12. The van der Waals surface area contributed by atoms with Crippen LogP contribution in [0.2, 0.25) is 5.02 Å². The molecule has 0 unspecified atom stereocenters. The fraction of sp³-hybridized carbons (Fsp3) is 0.600. The first-order valence-electron chi connectivity index (χ1n) is 7.01. The van der Waals surface area contributed by atoms with Crippen molar-refractivity contribution in [2.75, 3.05) is 13.1 Å². The third-order valence-electron chi connectivity index (χ3n) is 4.37. The molecular formula is C15H20ClNO. The Morgan fingerprint density at radius 2 is 1.89 bits per heavy atom. The van der Waals surface area contributed by atoms with Gasteiger partial charge in [-0.15, -0.1) is 0 Å². The second-order valence-electron chi connectivity index (χ2n) is 5.50. The van der Waals surface area contributed by atoms with Gasteiger partial charge in [-0.25, -0.2) is 0 Å². The molecule has 1 aromatic carbocycles. The molecule has 3 heteroatoms. The minimum atomic E-state index is 0.351. The Morgan fingerprint density at radius 3 is 2.67 bits per heavy atom. The Kier molecular flexibility index (Phi) is 3.49. The maximum absolute atomic E-state index is 10.4. The first-order chi connectivity index (χ1) is 8.77. The Hall–Kier alpha value is -0.730. The molecule has 2 nitrogen and oxygen atoms in total. The van der Waals surface area contributed by atoms with Crippen molar-refractivity contribution >= 4 is 11.6 Å². The number of fused-ring (bicyclic) bond motifs is 1. The summed E-state index contributed by atoms with van der Waals surface area (Å²) < 4.78 is 0. The number of phenols is 1. The monoisotopic (exact) mass is 265 g/mol. The smallest absolute Gasteiger partial charge is 0.137 e. The van der Waals surface area contributed by atoms with Gasteiger partial charge in [-0.2, -0.15) is 0 Å². The highest BCUT2D eigenvalue weighted by Crippen LogP contribution is 2.42. The lowest BCUT2D eigenvalue weighted by Gasteiger charge is -2.27. The van der Waals surface area contributed by atoms with E-state index in [1.807, 2.05) is 0 Å². The second kappa shape index (κ2) is 5.10. The maximum atomic E-state index is 10.4. The highest BCUT2D eigenvalue weighted by molar-refractivity contribution is 6.33. The number of piperidine rings is 1. The molecule has 2 aliphatic rings. The van der Waals surface area contributed by atoms with Crippen LogP contribution >= 0.6 is 11.6 Å². The first-order valence-corrected chi connectivity index (χ1v) is 7.39. The minimum Gasteiger partial charge on any atom is -0.506 e. The molecule has 0 saturated carbocycles. The van der Waals surface area contributed by atoms with Crippen LogP contribution in [0.3, 0.4) is 0 Å². The lowest BCUT2D eigenvalue weighted by molar-refractivity contribution is 0.423. The predicted molar refractivity (Wildman–Crippen MR) is 74.6 cm³/mol. The summed E-state index contributed by atoms with van der Waals surface area (Å²) in [4.78, 5) is 0. The molecule has 0 spiro atoms. The summed E-state index contributed by atoms with van der Waals surface area (Å²) in [5.74, 6) is 0.820. The molecule has 1 aromatic rings. The highest BCUT2D eigenvalue weighted by atomic mass is 35.5. The summed E-state index contributed by atoms with van der Waals surface area (Å²) >= 11 is 6.37. The Morgan fingerprint density at radius 1 is 1.17 bits per heavy atom. The molecule has 2 N–H and O–H groups in total. The van der Waals surface area contributed by atoms with Crippen molar-refractivity contribution in [3.05, 3.63) is 27.8 Å². The number of aryl methyl sites for hydroxylation is 1. The van der Waals surface area contributed by atoms with Crippen LogP contribution in [0.1, 0.15) is 48.3 Å². The predicted octanol–water partition coefficient (Wildman–Crippen LogP) is 3.39. The summed E-state index contributed by atoms with van der Waals surface area (Å²) in [6.45, 7) is 2.08. The third-order valence-corrected chi connectivity index (χ3v) is 4.77. The summed E-state index contributed by atoms with van der Waals surface area (Å²) in [6, 6.07) is 2.23. The lowest BCUT2D eigenvalue weighted by atomic mass is 9.84. The molecule has 0 radical (unpaired) electrons. The molecule has 0 amide bonds. The zero-order chi connectivity index (χ0) is 12.5. The molecule has 0 atom stereocenters. The normalized spacial score (nSPS) is 20.7. The van der Waals surface area contributed by atoms with E-state index in [0.29, 0.717) is 16.7 Å². The van der Waals surface area contributed by atoms with Gasteiger partial charge in [0, 0.05) is 0 Å². The summed E-state index contributed by atoms with van der Waals surface area (Å²) in [6.07, 6.45) is 6.78.